The van der Waals surface area contributed by atoms with Gasteiger partial charge in [-0.3, -0.25) is 9.80 Å². The van der Waals surface area contributed by atoms with Crippen LogP contribution in [0.3, 0.4) is 0 Å². The van der Waals surface area contributed by atoms with Gasteiger partial charge in [0.15, 0.2) is 0 Å². The number of anilines is 1. The SMILES string of the molecule is CNc1snnc1CN1CC2CCCCN2CC1C. The van der Waals surface area contributed by atoms with Crippen molar-refractivity contribution in [2.45, 2.75) is 44.8 Å². The fourth-order valence-electron chi connectivity index (χ4n) is 3.33. The van der Waals surface area contributed by atoms with E-state index in [2.05, 4.69) is 31.6 Å². The second-order valence-corrected chi connectivity index (χ2v) is 6.48. The van der Waals surface area contributed by atoms with Gasteiger partial charge in [0.1, 0.15) is 10.7 Å². The quantitative estimate of drug-likeness (QED) is 0.912. The molecule has 0 aliphatic carbocycles. The van der Waals surface area contributed by atoms with Crippen molar-refractivity contribution < 1.29 is 0 Å². The second kappa shape index (κ2) is 5.73. The van der Waals surface area contributed by atoms with Gasteiger partial charge in [0.25, 0.3) is 0 Å². The number of piperazine rings is 1. The average molecular weight is 281 g/mol. The highest BCUT2D eigenvalue weighted by Crippen LogP contribution is 2.26. The van der Waals surface area contributed by atoms with Crippen LogP contribution in [0.4, 0.5) is 5.00 Å². The van der Waals surface area contributed by atoms with E-state index in [0.717, 1.165) is 23.3 Å². The topological polar surface area (TPSA) is 44.3 Å². The fourth-order valence-corrected chi connectivity index (χ4v) is 3.85. The van der Waals surface area contributed by atoms with Crippen LogP contribution in [0.15, 0.2) is 0 Å². The molecular weight excluding hydrogens is 258 g/mol. The molecule has 1 aromatic rings. The van der Waals surface area contributed by atoms with Gasteiger partial charge >= 0.3 is 0 Å². The van der Waals surface area contributed by atoms with Crippen molar-refractivity contribution in [2.75, 3.05) is 32.0 Å². The highest BCUT2D eigenvalue weighted by atomic mass is 32.1. The summed E-state index contributed by atoms with van der Waals surface area (Å²) in [5, 5.41) is 8.57. The molecule has 19 heavy (non-hydrogen) atoms. The van der Waals surface area contributed by atoms with Crippen molar-refractivity contribution in [3.8, 4) is 0 Å². The van der Waals surface area contributed by atoms with Crippen LogP contribution in [0.2, 0.25) is 0 Å². The molecule has 2 saturated heterocycles. The largest absolute Gasteiger partial charge is 0.377 e. The summed E-state index contributed by atoms with van der Waals surface area (Å²) in [7, 11) is 1.95. The molecule has 106 valence electrons. The molecule has 5 nitrogen and oxygen atoms in total. The van der Waals surface area contributed by atoms with E-state index in [4.69, 9.17) is 0 Å². The Labute approximate surface area is 119 Å². The number of fused-ring (bicyclic) bond motifs is 1. The molecule has 2 atom stereocenters. The first-order valence-corrected chi connectivity index (χ1v) is 8.02. The van der Waals surface area contributed by atoms with Gasteiger partial charge in [-0.05, 0) is 26.3 Å². The summed E-state index contributed by atoms with van der Waals surface area (Å²) in [6.45, 7) is 6.95. The van der Waals surface area contributed by atoms with Crippen molar-refractivity contribution in [3.05, 3.63) is 5.69 Å². The molecule has 0 amide bonds. The Kier molecular flexibility index (Phi) is 4.00. The molecule has 0 radical (unpaired) electrons. The van der Waals surface area contributed by atoms with Crippen LogP contribution in [0.5, 0.6) is 0 Å². The van der Waals surface area contributed by atoms with Crippen LogP contribution < -0.4 is 5.32 Å². The summed E-state index contributed by atoms with van der Waals surface area (Å²) in [6.07, 6.45) is 4.13. The first-order chi connectivity index (χ1) is 9.28. The lowest BCUT2D eigenvalue weighted by molar-refractivity contribution is 0.0106. The number of rotatable bonds is 3. The number of nitrogens with zero attached hydrogens (tertiary/aromatic N) is 4. The first-order valence-electron chi connectivity index (χ1n) is 7.25. The van der Waals surface area contributed by atoms with Gasteiger partial charge in [0.2, 0.25) is 0 Å². The Bertz CT molecular complexity index is 421. The number of hydrogen-bond donors (Lipinski definition) is 1. The Balaban J connectivity index is 1.67. The van der Waals surface area contributed by atoms with Crippen molar-refractivity contribution in [3.63, 3.8) is 0 Å². The van der Waals surface area contributed by atoms with Gasteiger partial charge in [-0.2, -0.15) is 0 Å². The van der Waals surface area contributed by atoms with Crippen LogP contribution in [0.1, 0.15) is 31.9 Å². The highest BCUT2D eigenvalue weighted by Gasteiger charge is 2.33. The number of nitrogens with one attached hydrogen (secondary N) is 1. The Morgan fingerprint density at radius 3 is 3.11 bits per heavy atom. The van der Waals surface area contributed by atoms with Crippen molar-refractivity contribution in [1.29, 1.82) is 0 Å². The van der Waals surface area contributed by atoms with Gasteiger partial charge in [0, 0.05) is 50.3 Å². The summed E-state index contributed by atoms with van der Waals surface area (Å²) in [6, 6.07) is 1.37. The number of piperidine rings is 1. The summed E-state index contributed by atoms with van der Waals surface area (Å²) >= 11 is 1.45. The molecule has 2 aliphatic heterocycles. The van der Waals surface area contributed by atoms with E-state index < -0.39 is 0 Å². The molecule has 1 N–H and O–H groups in total. The Morgan fingerprint density at radius 2 is 2.26 bits per heavy atom. The predicted octanol–water partition coefficient (Wildman–Crippen LogP) is 1.64. The van der Waals surface area contributed by atoms with Crippen LogP contribution in [-0.2, 0) is 6.54 Å². The average Bonchev–Trinajstić information content (AvgIpc) is 2.87. The third-order valence-electron chi connectivity index (χ3n) is 4.45. The summed E-state index contributed by atoms with van der Waals surface area (Å²) in [5.41, 5.74) is 1.10. The van der Waals surface area contributed by atoms with E-state index in [1.54, 1.807) is 0 Å². The minimum atomic E-state index is 0.612. The van der Waals surface area contributed by atoms with E-state index in [9.17, 15) is 0 Å². The molecule has 3 rings (SSSR count). The maximum atomic E-state index is 4.27. The molecule has 0 aromatic carbocycles. The summed E-state index contributed by atoms with van der Waals surface area (Å²) in [5.74, 6) is 0. The van der Waals surface area contributed by atoms with Crippen molar-refractivity contribution in [2.24, 2.45) is 0 Å². The lowest BCUT2D eigenvalue weighted by Gasteiger charge is -2.47. The minimum Gasteiger partial charge on any atom is -0.377 e. The molecular formula is C13H23N5S. The third-order valence-corrected chi connectivity index (χ3v) is 5.24. The number of aromatic nitrogens is 2. The molecule has 1 aromatic heterocycles. The monoisotopic (exact) mass is 281 g/mol. The van der Waals surface area contributed by atoms with E-state index in [1.807, 2.05) is 7.05 Å². The third kappa shape index (κ3) is 2.75. The van der Waals surface area contributed by atoms with Crippen LogP contribution in [0.25, 0.3) is 0 Å². The van der Waals surface area contributed by atoms with Gasteiger partial charge in [-0.25, -0.2) is 0 Å². The predicted molar refractivity (Wildman–Crippen MR) is 78.5 cm³/mol. The highest BCUT2D eigenvalue weighted by molar-refractivity contribution is 7.10. The molecule has 6 heteroatoms. The van der Waals surface area contributed by atoms with Crippen LogP contribution in [-0.4, -0.2) is 58.2 Å². The van der Waals surface area contributed by atoms with Crippen LogP contribution in [0, 0.1) is 0 Å². The van der Waals surface area contributed by atoms with Gasteiger partial charge in [0.05, 0.1) is 0 Å². The maximum Gasteiger partial charge on any atom is 0.134 e. The summed E-state index contributed by atoms with van der Waals surface area (Å²) in [4.78, 5) is 5.26. The first kappa shape index (κ1) is 13.3. The molecule has 0 spiro atoms. The molecule has 2 fully saturated rings. The molecule has 0 saturated carbocycles. The lowest BCUT2D eigenvalue weighted by Crippen LogP contribution is -2.58. The van der Waals surface area contributed by atoms with Crippen molar-refractivity contribution in [1.82, 2.24) is 19.4 Å². The van der Waals surface area contributed by atoms with Crippen molar-refractivity contribution >= 4 is 16.5 Å². The van der Waals surface area contributed by atoms with E-state index in [0.29, 0.717) is 6.04 Å². The van der Waals surface area contributed by atoms with E-state index in [1.165, 1.54) is 50.4 Å². The van der Waals surface area contributed by atoms with Crippen LogP contribution >= 0.6 is 11.5 Å². The fraction of sp³-hybridized carbons (Fsp3) is 0.846. The standard InChI is InChI=1S/C13H23N5S/c1-10-7-17-6-4-3-5-11(17)8-18(10)9-12-13(14-2)19-16-15-12/h10-11,14H,3-9H2,1-2H3. The second-order valence-electron chi connectivity index (χ2n) is 5.72. The molecule has 2 unspecified atom stereocenters. The minimum absolute atomic E-state index is 0.612. The lowest BCUT2D eigenvalue weighted by atomic mass is 9.97. The smallest absolute Gasteiger partial charge is 0.134 e. The van der Waals surface area contributed by atoms with Gasteiger partial charge < -0.3 is 5.32 Å². The van der Waals surface area contributed by atoms with E-state index in [-0.39, 0.29) is 0 Å². The molecule has 0 bridgehead atoms. The zero-order valence-corrected chi connectivity index (χ0v) is 12.6. The zero-order chi connectivity index (χ0) is 13.2. The maximum absolute atomic E-state index is 4.27. The normalized spacial score (nSPS) is 29.2. The molecule has 3 heterocycles. The number of hydrogen-bond acceptors (Lipinski definition) is 6. The molecule has 2 aliphatic rings. The van der Waals surface area contributed by atoms with Gasteiger partial charge in [-0.15, -0.1) is 5.10 Å². The van der Waals surface area contributed by atoms with E-state index >= 15 is 0 Å². The Morgan fingerprint density at radius 1 is 1.37 bits per heavy atom. The summed E-state index contributed by atoms with van der Waals surface area (Å²) < 4.78 is 4.06. The zero-order valence-electron chi connectivity index (χ0n) is 11.8. The van der Waals surface area contributed by atoms with Gasteiger partial charge in [-0.1, -0.05) is 10.9 Å². The Hall–Kier alpha value is -0.720.